The molecule has 1 heterocycles. The highest BCUT2D eigenvalue weighted by atomic mass is 79.9. The van der Waals surface area contributed by atoms with E-state index < -0.39 is 0 Å². The maximum absolute atomic E-state index is 5.70. The summed E-state index contributed by atoms with van der Waals surface area (Å²) in [6.07, 6.45) is 0. The molecule has 24 heavy (non-hydrogen) atoms. The van der Waals surface area contributed by atoms with Gasteiger partial charge in [0.25, 0.3) is 0 Å². The first-order valence-electron chi connectivity index (χ1n) is 8.34. The van der Waals surface area contributed by atoms with Crippen molar-refractivity contribution in [2.75, 3.05) is 43.1 Å². The first-order chi connectivity index (χ1) is 11.8. The largest absolute Gasteiger partial charge is 0.494 e. The highest BCUT2D eigenvalue weighted by Crippen LogP contribution is 2.25. The molecule has 0 spiro atoms. The summed E-state index contributed by atoms with van der Waals surface area (Å²) in [6.45, 7) is 6.94. The van der Waals surface area contributed by atoms with Crippen molar-refractivity contribution < 1.29 is 9.47 Å². The molecule has 0 radical (unpaired) electrons. The average Bonchev–Trinajstić information content (AvgIpc) is 2.63. The van der Waals surface area contributed by atoms with Gasteiger partial charge in [-0.3, -0.25) is 0 Å². The summed E-state index contributed by atoms with van der Waals surface area (Å²) in [5.41, 5.74) is 3.50. The van der Waals surface area contributed by atoms with Crippen LogP contribution < -0.4 is 15.0 Å². The summed E-state index contributed by atoms with van der Waals surface area (Å²) < 4.78 is 12.2. The Morgan fingerprint density at radius 2 is 1.88 bits per heavy atom. The maximum Gasteiger partial charge on any atom is 0.124 e. The molecule has 0 saturated carbocycles. The third kappa shape index (κ3) is 4.42. The number of halogens is 1. The van der Waals surface area contributed by atoms with E-state index in [1.54, 1.807) is 0 Å². The molecule has 0 unspecified atom stereocenters. The standard InChI is InChI=1S/C19H23BrN2O2/c1-2-24-19-8-3-16(20)13-15(19)14-21-17-4-6-18(7-5-17)22-9-11-23-12-10-22/h3-8,13,21H,2,9-12,14H2,1H3. The molecule has 1 N–H and O–H groups in total. The van der Waals surface area contributed by atoms with E-state index in [0.717, 1.165) is 54.3 Å². The summed E-state index contributed by atoms with van der Waals surface area (Å²) in [7, 11) is 0. The van der Waals surface area contributed by atoms with Gasteiger partial charge < -0.3 is 19.7 Å². The molecule has 2 aromatic rings. The van der Waals surface area contributed by atoms with Gasteiger partial charge in [0.15, 0.2) is 0 Å². The third-order valence-corrected chi connectivity index (χ3v) is 4.54. The van der Waals surface area contributed by atoms with Crippen LogP contribution in [0, 0.1) is 0 Å². The number of anilines is 2. The Hall–Kier alpha value is -1.72. The van der Waals surface area contributed by atoms with Crippen LogP contribution in [0.1, 0.15) is 12.5 Å². The number of ether oxygens (including phenoxy) is 2. The van der Waals surface area contributed by atoms with Crippen LogP contribution >= 0.6 is 15.9 Å². The van der Waals surface area contributed by atoms with Crippen molar-refractivity contribution in [3.05, 3.63) is 52.5 Å². The molecule has 0 atom stereocenters. The molecular weight excluding hydrogens is 368 g/mol. The Balaban J connectivity index is 1.63. The molecule has 5 heteroatoms. The summed E-state index contributed by atoms with van der Waals surface area (Å²) in [6, 6.07) is 14.7. The number of hydrogen-bond donors (Lipinski definition) is 1. The van der Waals surface area contributed by atoms with Crippen LogP contribution in [0.15, 0.2) is 46.9 Å². The van der Waals surface area contributed by atoms with Crippen LogP contribution in [0.25, 0.3) is 0 Å². The van der Waals surface area contributed by atoms with E-state index in [9.17, 15) is 0 Å². The molecule has 128 valence electrons. The zero-order valence-electron chi connectivity index (χ0n) is 13.9. The summed E-state index contributed by atoms with van der Waals surface area (Å²) in [5, 5.41) is 3.47. The van der Waals surface area contributed by atoms with Gasteiger partial charge in [0.05, 0.1) is 19.8 Å². The second kappa shape index (κ2) is 8.40. The summed E-state index contributed by atoms with van der Waals surface area (Å²) in [4.78, 5) is 2.36. The Morgan fingerprint density at radius 3 is 2.58 bits per heavy atom. The minimum atomic E-state index is 0.670. The Morgan fingerprint density at radius 1 is 1.12 bits per heavy atom. The van der Waals surface area contributed by atoms with Gasteiger partial charge in [0.1, 0.15) is 5.75 Å². The molecule has 1 saturated heterocycles. The molecular formula is C19H23BrN2O2. The van der Waals surface area contributed by atoms with Gasteiger partial charge in [-0.05, 0) is 49.4 Å². The number of morpholine rings is 1. The molecule has 1 aliphatic rings. The van der Waals surface area contributed by atoms with Gasteiger partial charge in [0.2, 0.25) is 0 Å². The zero-order chi connectivity index (χ0) is 16.8. The predicted molar refractivity (Wildman–Crippen MR) is 102 cm³/mol. The molecule has 4 nitrogen and oxygen atoms in total. The van der Waals surface area contributed by atoms with Gasteiger partial charge in [-0.2, -0.15) is 0 Å². The van der Waals surface area contributed by atoms with Gasteiger partial charge >= 0.3 is 0 Å². The van der Waals surface area contributed by atoms with Crippen molar-refractivity contribution >= 4 is 27.3 Å². The van der Waals surface area contributed by atoms with Crippen LogP contribution in [-0.4, -0.2) is 32.9 Å². The van der Waals surface area contributed by atoms with Gasteiger partial charge in [-0.1, -0.05) is 15.9 Å². The van der Waals surface area contributed by atoms with Crippen molar-refractivity contribution in [3.63, 3.8) is 0 Å². The lowest BCUT2D eigenvalue weighted by Gasteiger charge is -2.29. The van der Waals surface area contributed by atoms with Crippen LogP contribution in [0.2, 0.25) is 0 Å². The summed E-state index contributed by atoms with van der Waals surface area (Å²) in [5.74, 6) is 0.929. The monoisotopic (exact) mass is 390 g/mol. The number of rotatable bonds is 6. The van der Waals surface area contributed by atoms with Crippen molar-refractivity contribution in [2.24, 2.45) is 0 Å². The van der Waals surface area contributed by atoms with Gasteiger partial charge in [-0.25, -0.2) is 0 Å². The average molecular weight is 391 g/mol. The molecule has 3 rings (SSSR count). The molecule has 1 fully saturated rings. The predicted octanol–water partition coefficient (Wildman–Crippen LogP) is 4.30. The maximum atomic E-state index is 5.70. The lowest BCUT2D eigenvalue weighted by molar-refractivity contribution is 0.122. The van der Waals surface area contributed by atoms with E-state index in [2.05, 4.69) is 56.5 Å². The first-order valence-corrected chi connectivity index (χ1v) is 9.13. The Kier molecular flexibility index (Phi) is 5.99. The number of nitrogens with zero attached hydrogens (tertiary/aromatic N) is 1. The smallest absolute Gasteiger partial charge is 0.124 e. The van der Waals surface area contributed by atoms with Gasteiger partial charge in [0, 0.05) is 41.0 Å². The first kappa shape index (κ1) is 17.1. The van der Waals surface area contributed by atoms with Crippen molar-refractivity contribution in [2.45, 2.75) is 13.5 Å². The lowest BCUT2D eigenvalue weighted by Crippen LogP contribution is -2.36. The lowest BCUT2D eigenvalue weighted by atomic mass is 10.2. The van der Waals surface area contributed by atoms with E-state index in [0.29, 0.717) is 6.61 Å². The fraction of sp³-hybridized carbons (Fsp3) is 0.368. The fourth-order valence-corrected chi connectivity index (χ4v) is 3.20. The molecule has 0 aliphatic carbocycles. The quantitative estimate of drug-likeness (QED) is 0.797. The number of nitrogens with one attached hydrogen (secondary N) is 1. The van der Waals surface area contributed by atoms with Crippen molar-refractivity contribution in [3.8, 4) is 5.75 Å². The molecule has 0 bridgehead atoms. The number of hydrogen-bond acceptors (Lipinski definition) is 4. The van der Waals surface area contributed by atoms with E-state index in [1.807, 2.05) is 19.1 Å². The highest BCUT2D eigenvalue weighted by Gasteiger charge is 2.11. The minimum absolute atomic E-state index is 0.670. The Labute approximate surface area is 151 Å². The Bertz CT molecular complexity index is 655. The van der Waals surface area contributed by atoms with Crippen LogP contribution in [-0.2, 0) is 11.3 Å². The second-order valence-electron chi connectivity index (χ2n) is 5.68. The van der Waals surface area contributed by atoms with E-state index in [1.165, 1.54) is 5.69 Å². The molecule has 0 amide bonds. The molecule has 1 aliphatic heterocycles. The minimum Gasteiger partial charge on any atom is -0.494 e. The van der Waals surface area contributed by atoms with Crippen LogP contribution in [0.3, 0.4) is 0 Å². The van der Waals surface area contributed by atoms with Crippen molar-refractivity contribution in [1.82, 2.24) is 0 Å². The zero-order valence-corrected chi connectivity index (χ0v) is 15.5. The third-order valence-electron chi connectivity index (χ3n) is 4.05. The highest BCUT2D eigenvalue weighted by molar-refractivity contribution is 9.10. The van der Waals surface area contributed by atoms with Crippen molar-refractivity contribution in [1.29, 1.82) is 0 Å². The number of benzene rings is 2. The topological polar surface area (TPSA) is 33.7 Å². The van der Waals surface area contributed by atoms with Gasteiger partial charge in [-0.15, -0.1) is 0 Å². The van der Waals surface area contributed by atoms with E-state index in [-0.39, 0.29) is 0 Å². The normalized spacial score (nSPS) is 14.5. The van der Waals surface area contributed by atoms with E-state index in [4.69, 9.17) is 9.47 Å². The SMILES string of the molecule is CCOc1ccc(Br)cc1CNc1ccc(N2CCOCC2)cc1. The molecule has 2 aromatic carbocycles. The van der Waals surface area contributed by atoms with Crippen LogP contribution in [0.5, 0.6) is 5.75 Å². The molecule has 0 aromatic heterocycles. The van der Waals surface area contributed by atoms with E-state index >= 15 is 0 Å². The van der Waals surface area contributed by atoms with Crippen LogP contribution in [0.4, 0.5) is 11.4 Å². The fourth-order valence-electron chi connectivity index (χ4n) is 2.79. The second-order valence-corrected chi connectivity index (χ2v) is 6.60. The summed E-state index contributed by atoms with van der Waals surface area (Å²) >= 11 is 3.53.